The van der Waals surface area contributed by atoms with Crippen LogP contribution in [-0.2, 0) is 17.8 Å². The zero-order valence-electron chi connectivity index (χ0n) is 14.1. The second kappa shape index (κ2) is 8.08. The van der Waals surface area contributed by atoms with Crippen molar-refractivity contribution in [2.45, 2.75) is 25.9 Å². The molecule has 4 nitrogen and oxygen atoms in total. The van der Waals surface area contributed by atoms with E-state index in [1.54, 1.807) is 0 Å². The maximum atomic E-state index is 11.0. The highest BCUT2D eigenvalue weighted by atomic mass is 16.5. The van der Waals surface area contributed by atoms with Crippen LogP contribution >= 0.6 is 0 Å². The molecule has 24 heavy (non-hydrogen) atoms. The summed E-state index contributed by atoms with van der Waals surface area (Å²) in [5, 5.41) is 3.60. The van der Waals surface area contributed by atoms with Gasteiger partial charge >= 0.3 is 5.97 Å². The first kappa shape index (κ1) is 16.7. The van der Waals surface area contributed by atoms with E-state index < -0.39 is 0 Å². The van der Waals surface area contributed by atoms with Gasteiger partial charge < -0.3 is 10.1 Å². The summed E-state index contributed by atoms with van der Waals surface area (Å²) < 4.78 is 5.08. The molecule has 0 saturated carbocycles. The summed E-state index contributed by atoms with van der Waals surface area (Å²) in [5.74, 6) is 0.321. The Kier molecular flexibility index (Phi) is 5.62. The molecule has 126 valence electrons. The SMILES string of the molecule is CC(=O)Oc1ccc(C[C@@H]2CN(Cc3ccccc3)CCN2)cc1. The monoisotopic (exact) mass is 324 g/mol. The summed E-state index contributed by atoms with van der Waals surface area (Å²) >= 11 is 0. The Morgan fingerprint density at radius 1 is 1.12 bits per heavy atom. The van der Waals surface area contributed by atoms with Gasteiger partial charge in [0.15, 0.2) is 0 Å². The minimum Gasteiger partial charge on any atom is -0.427 e. The number of rotatable bonds is 5. The molecule has 1 aliphatic rings. The smallest absolute Gasteiger partial charge is 0.308 e. The Morgan fingerprint density at radius 2 is 1.88 bits per heavy atom. The number of benzene rings is 2. The van der Waals surface area contributed by atoms with Crippen molar-refractivity contribution in [1.29, 1.82) is 0 Å². The van der Waals surface area contributed by atoms with Crippen molar-refractivity contribution in [3.05, 3.63) is 65.7 Å². The van der Waals surface area contributed by atoms with Crippen LogP contribution in [0.15, 0.2) is 54.6 Å². The topological polar surface area (TPSA) is 41.6 Å². The molecule has 3 rings (SSSR count). The molecule has 0 radical (unpaired) electrons. The minimum atomic E-state index is -0.284. The van der Waals surface area contributed by atoms with Gasteiger partial charge in [-0.1, -0.05) is 42.5 Å². The molecule has 4 heteroatoms. The van der Waals surface area contributed by atoms with Gasteiger partial charge in [-0.05, 0) is 29.7 Å². The number of hydrogen-bond donors (Lipinski definition) is 1. The molecule has 0 spiro atoms. The Bertz CT molecular complexity index is 655. The lowest BCUT2D eigenvalue weighted by Crippen LogP contribution is -2.51. The fourth-order valence-corrected chi connectivity index (χ4v) is 3.16. The third-order valence-corrected chi connectivity index (χ3v) is 4.26. The Hall–Kier alpha value is -2.17. The molecule has 2 aromatic rings. The number of hydrogen-bond acceptors (Lipinski definition) is 4. The first-order chi connectivity index (χ1) is 11.7. The predicted octanol–water partition coefficient (Wildman–Crippen LogP) is 2.63. The quantitative estimate of drug-likeness (QED) is 0.678. The highest BCUT2D eigenvalue weighted by molar-refractivity contribution is 5.69. The van der Waals surface area contributed by atoms with E-state index in [0.717, 1.165) is 32.6 Å². The average Bonchev–Trinajstić information content (AvgIpc) is 2.57. The maximum absolute atomic E-state index is 11.0. The van der Waals surface area contributed by atoms with Crippen LogP contribution in [0.3, 0.4) is 0 Å². The van der Waals surface area contributed by atoms with Gasteiger partial charge in [0, 0.05) is 39.1 Å². The van der Waals surface area contributed by atoms with Gasteiger partial charge in [0.1, 0.15) is 5.75 Å². The fourth-order valence-electron chi connectivity index (χ4n) is 3.16. The standard InChI is InChI=1S/C20H24N2O2/c1-16(23)24-20-9-7-17(8-10-20)13-19-15-22(12-11-21-19)14-18-5-3-2-4-6-18/h2-10,19,21H,11-15H2,1H3/t19-/m1/s1. The molecule has 1 atom stereocenters. The van der Waals surface area contributed by atoms with Crippen LogP contribution in [0.5, 0.6) is 5.75 Å². The molecule has 0 aliphatic carbocycles. The first-order valence-corrected chi connectivity index (χ1v) is 8.46. The number of carbonyl (C=O) groups is 1. The maximum Gasteiger partial charge on any atom is 0.308 e. The van der Waals surface area contributed by atoms with Crippen LogP contribution in [-0.4, -0.2) is 36.5 Å². The minimum absolute atomic E-state index is 0.284. The van der Waals surface area contributed by atoms with Crippen LogP contribution in [0.2, 0.25) is 0 Å². The van der Waals surface area contributed by atoms with Crippen molar-refractivity contribution >= 4 is 5.97 Å². The van der Waals surface area contributed by atoms with E-state index in [4.69, 9.17) is 4.74 Å². The highest BCUT2D eigenvalue weighted by Crippen LogP contribution is 2.15. The van der Waals surface area contributed by atoms with E-state index in [1.807, 2.05) is 24.3 Å². The van der Waals surface area contributed by atoms with Crippen LogP contribution < -0.4 is 10.1 Å². The second-order valence-electron chi connectivity index (χ2n) is 6.31. The Labute approximate surface area is 143 Å². The van der Waals surface area contributed by atoms with Gasteiger partial charge in [0.2, 0.25) is 0 Å². The predicted molar refractivity (Wildman–Crippen MR) is 95.0 cm³/mol. The molecule has 2 aromatic carbocycles. The number of piperazine rings is 1. The molecule has 1 N–H and O–H groups in total. The Morgan fingerprint density at radius 3 is 2.58 bits per heavy atom. The number of nitrogens with zero attached hydrogens (tertiary/aromatic N) is 1. The lowest BCUT2D eigenvalue weighted by atomic mass is 10.0. The van der Waals surface area contributed by atoms with Crippen LogP contribution in [0.1, 0.15) is 18.1 Å². The third-order valence-electron chi connectivity index (χ3n) is 4.26. The van der Waals surface area contributed by atoms with Crippen molar-refractivity contribution in [3.63, 3.8) is 0 Å². The summed E-state index contributed by atoms with van der Waals surface area (Å²) in [6, 6.07) is 18.9. The molecule has 1 saturated heterocycles. The third kappa shape index (κ3) is 4.91. The Balaban J connectivity index is 1.54. The van der Waals surface area contributed by atoms with Gasteiger partial charge in [0.25, 0.3) is 0 Å². The zero-order valence-corrected chi connectivity index (χ0v) is 14.1. The van der Waals surface area contributed by atoms with Gasteiger partial charge in [0.05, 0.1) is 0 Å². The normalized spacial score (nSPS) is 18.3. The summed E-state index contributed by atoms with van der Waals surface area (Å²) in [7, 11) is 0. The van der Waals surface area contributed by atoms with E-state index in [2.05, 4.69) is 40.5 Å². The number of nitrogens with one attached hydrogen (secondary N) is 1. The summed E-state index contributed by atoms with van der Waals surface area (Å²) in [4.78, 5) is 13.5. The van der Waals surface area contributed by atoms with Gasteiger partial charge in [-0.3, -0.25) is 9.69 Å². The van der Waals surface area contributed by atoms with Gasteiger partial charge in [-0.25, -0.2) is 0 Å². The van der Waals surface area contributed by atoms with E-state index in [9.17, 15) is 4.79 Å². The van der Waals surface area contributed by atoms with Gasteiger partial charge in [-0.2, -0.15) is 0 Å². The fraction of sp³-hybridized carbons (Fsp3) is 0.350. The lowest BCUT2D eigenvalue weighted by Gasteiger charge is -2.34. The van der Waals surface area contributed by atoms with Crippen molar-refractivity contribution < 1.29 is 9.53 Å². The van der Waals surface area contributed by atoms with E-state index in [1.165, 1.54) is 18.1 Å². The van der Waals surface area contributed by atoms with Crippen molar-refractivity contribution in [1.82, 2.24) is 10.2 Å². The van der Waals surface area contributed by atoms with E-state index >= 15 is 0 Å². The number of ether oxygens (including phenoxy) is 1. The average molecular weight is 324 g/mol. The highest BCUT2D eigenvalue weighted by Gasteiger charge is 2.19. The molecular formula is C20H24N2O2. The van der Waals surface area contributed by atoms with Crippen molar-refractivity contribution in [2.75, 3.05) is 19.6 Å². The van der Waals surface area contributed by atoms with Crippen LogP contribution in [0.4, 0.5) is 0 Å². The van der Waals surface area contributed by atoms with Crippen LogP contribution in [0, 0.1) is 0 Å². The first-order valence-electron chi connectivity index (χ1n) is 8.46. The molecule has 0 amide bonds. The molecular weight excluding hydrogens is 300 g/mol. The van der Waals surface area contributed by atoms with Crippen LogP contribution in [0.25, 0.3) is 0 Å². The van der Waals surface area contributed by atoms with Gasteiger partial charge in [-0.15, -0.1) is 0 Å². The van der Waals surface area contributed by atoms with Crippen molar-refractivity contribution in [2.24, 2.45) is 0 Å². The number of carbonyl (C=O) groups excluding carboxylic acids is 1. The summed E-state index contributed by atoms with van der Waals surface area (Å²) in [5.41, 5.74) is 2.62. The largest absolute Gasteiger partial charge is 0.427 e. The van der Waals surface area contributed by atoms with E-state index in [0.29, 0.717) is 11.8 Å². The van der Waals surface area contributed by atoms with Crippen molar-refractivity contribution in [3.8, 4) is 5.75 Å². The molecule has 1 fully saturated rings. The summed E-state index contributed by atoms with van der Waals surface area (Å²) in [6.45, 7) is 5.56. The molecule has 1 heterocycles. The number of esters is 1. The lowest BCUT2D eigenvalue weighted by molar-refractivity contribution is -0.131. The zero-order chi connectivity index (χ0) is 16.8. The second-order valence-corrected chi connectivity index (χ2v) is 6.31. The molecule has 0 bridgehead atoms. The molecule has 0 unspecified atom stereocenters. The summed E-state index contributed by atoms with van der Waals surface area (Å²) in [6.07, 6.45) is 0.978. The molecule has 0 aromatic heterocycles. The molecule has 1 aliphatic heterocycles. The van der Waals surface area contributed by atoms with E-state index in [-0.39, 0.29) is 5.97 Å².